The number of hydrogen-bond donors (Lipinski definition) is 1. The van der Waals surface area contributed by atoms with Crippen molar-refractivity contribution in [3.8, 4) is 11.3 Å². The van der Waals surface area contributed by atoms with Crippen LogP contribution in [-0.4, -0.2) is 29.1 Å². The van der Waals surface area contributed by atoms with Gasteiger partial charge in [0.2, 0.25) is 0 Å². The van der Waals surface area contributed by atoms with Gasteiger partial charge in [-0.1, -0.05) is 72.8 Å². The molecule has 32 heavy (non-hydrogen) atoms. The number of halogens is 2. The molecule has 2 heterocycles. The summed E-state index contributed by atoms with van der Waals surface area (Å²) in [6.07, 6.45) is 2.79. The van der Waals surface area contributed by atoms with Gasteiger partial charge in [-0.15, -0.1) is 24.8 Å². The molecule has 3 aromatic carbocycles. The quantitative estimate of drug-likeness (QED) is 0.387. The first-order chi connectivity index (χ1) is 14.8. The maximum Gasteiger partial charge on any atom is 0.132 e. The van der Waals surface area contributed by atoms with Crippen molar-refractivity contribution in [2.75, 3.05) is 18.0 Å². The number of rotatable bonds is 5. The monoisotopic (exact) mass is 466 g/mol. The van der Waals surface area contributed by atoms with Gasteiger partial charge < -0.3 is 10.2 Å². The molecular formula is C26H28Cl2N4. The van der Waals surface area contributed by atoms with Gasteiger partial charge in [0, 0.05) is 36.8 Å². The van der Waals surface area contributed by atoms with E-state index in [1.165, 1.54) is 16.3 Å². The van der Waals surface area contributed by atoms with Gasteiger partial charge in [-0.2, -0.15) is 0 Å². The second-order valence-electron chi connectivity index (χ2n) is 8.02. The summed E-state index contributed by atoms with van der Waals surface area (Å²) in [5.41, 5.74) is 3.46. The molecule has 166 valence electrons. The molecule has 1 saturated heterocycles. The van der Waals surface area contributed by atoms with Crippen LogP contribution in [0.2, 0.25) is 0 Å². The van der Waals surface area contributed by atoms with Crippen molar-refractivity contribution in [1.29, 1.82) is 0 Å². The van der Waals surface area contributed by atoms with Crippen molar-refractivity contribution in [1.82, 2.24) is 15.3 Å². The van der Waals surface area contributed by atoms with Crippen molar-refractivity contribution in [3.63, 3.8) is 0 Å². The zero-order chi connectivity index (χ0) is 20.3. The Morgan fingerprint density at radius 2 is 1.66 bits per heavy atom. The lowest BCUT2D eigenvalue weighted by Gasteiger charge is -2.22. The summed E-state index contributed by atoms with van der Waals surface area (Å²) in [6.45, 7) is 4.23. The molecule has 1 N–H and O–H groups in total. The average molecular weight is 467 g/mol. The minimum Gasteiger partial charge on any atom is -0.355 e. The van der Waals surface area contributed by atoms with Crippen molar-refractivity contribution >= 4 is 41.4 Å². The number of nitrogens with one attached hydrogen (secondary N) is 1. The Labute approximate surface area is 201 Å². The third-order valence-corrected chi connectivity index (χ3v) is 6.01. The van der Waals surface area contributed by atoms with Gasteiger partial charge in [0.1, 0.15) is 12.1 Å². The SMILES string of the molecule is C[C@@H](N[C@H]1CCN(c2cc(-c3ccccc3)ncn2)C1)c1cccc2ccccc12.Cl.Cl. The normalized spacial score (nSPS) is 16.3. The number of anilines is 1. The molecule has 0 saturated carbocycles. The zero-order valence-electron chi connectivity index (χ0n) is 18.0. The fraction of sp³-hybridized carbons (Fsp3) is 0.231. The minimum absolute atomic E-state index is 0. The predicted molar refractivity (Wildman–Crippen MR) is 138 cm³/mol. The minimum atomic E-state index is 0. The van der Waals surface area contributed by atoms with E-state index in [2.05, 4.69) is 87.8 Å². The largest absolute Gasteiger partial charge is 0.355 e. The van der Waals surface area contributed by atoms with E-state index in [1.54, 1.807) is 6.33 Å². The molecule has 1 fully saturated rings. The summed E-state index contributed by atoms with van der Waals surface area (Å²) in [5, 5.41) is 6.48. The molecule has 0 amide bonds. The average Bonchev–Trinajstić information content (AvgIpc) is 3.28. The molecule has 1 aromatic heterocycles. The molecule has 0 spiro atoms. The maximum atomic E-state index is 4.55. The van der Waals surface area contributed by atoms with E-state index in [1.807, 2.05) is 18.2 Å². The molecule has 2 atom stereocenters. The molecule has 0 bridgehead atoms. The fourth-order valence-corrected chi connectivity index (χ4v) is 4.46. The molecule has 1 aliphatic heterocycles. The lowest BCUT2D eigenvalue weighted by molar-refractivity contribution is 0.483. The maximum absolute atomic E-state index is 4.55. The molecule has 4 aromatic rings. The highest BCUT2D eigenvalue weighted by molar-refractivity contribution is 5.86. The van der Waals surface area contributed by atoms with E-state index in [4.69, 9.17) is 0 Å². The molecule has 5 rings (SSSR count). The molecule has 0 radical (unpaired) electrons. The van der Waals surface area contributed by atoms with Crippen LogP contribution in [0.25, 0.3) is 22.0 Å². The first-order valence-electron chi connectivity index (χ1n) is 10.6. The third kappa shape index (κ3) is 5.04. The van der Waals surface area contributed by atoms with Gasteiger partial charge in [-0.25, -0.2) is 9.97 Å². The van der Waals surface area contributed by atoms with Crippen LogP contribution < -0.4 is 10.2 Å². The lowest BCUT2D eigenvalue weighted by atomic mass is 9.99. The van der Waals surface area contributed by atoms with Crippen LogP contribution in [0, 0.1) is 0 Å². The number of benzene rings is 3. The molecular weight excluding hydrogens is 439 g/mol. The van der Waals surface area contributed by atoms with Gasteiger partial charge in [-0.3, -0.25) is 0 Å². The number of nitrogens with zero attached hydrogens (tertiary/aromatic N) is 3. The summed E-state index contributed by atoms with van der Waals surface area (Å²) >= 11 is 0. The van der Waals surface area contributed by atoms with Crippen molar-refractivity contribution in [3.05, 3.63) is 90.8 Å². The molecule has 4 nitrogen and oxygen atoms in total. The third-order valence-electron chi connectivity index (χ3n) is 6.01. The van der Waals surface area contributed by atoms with E-state index in [9.17, 15) is 0 Å². The Hall–Kier alpha value is -2.66. The Balaban J connectivity index is 0.00000144. The van der Waals surface area contributed by atoms with Crippen LogP contribution in [0.5, 0.6) is 0 Å². The standard InChI is InChI=1S/C26H26N4.2ClH/c1-19(23-13-7-11-20-8-5-6-12-24(20)23)29-22-14-15-30(17-22)26-16-25(27-18-28-26)21-9-3-2-4-10-21;;/h2-13,16,18-19,22,29H,14-15,17H2,1H3;2*1H/t19-,22+;;/m1../s1. The number of fused-ring (bicyclic) bond motifs is 1. The van der Waals surface area contributed by atoms with Crippen LogP contribution in [-0.2, 0) is 0 Å². The van der Waals surface area contributed by atoms with E-state index in [-0.39, 0.29) is 24.8 Å². The topological polar surface area (TPSA) is 41.0 Å². The Kier molecular flexibility index (Phi) is 8.08. The Morgan fingerprint density at radius 3 is 2.50 bits per heavy atom. The summed E-state index contributed by atoms with van der Waals surface area (Å²) in [4.78, 5) is 11.4. The number of hydrogen-bond acceptors (Lipinski definition) is 4. The highest BCUT2D eigenvalue weighted by atomic mass is 35.5. The smallest absolute Gasteiger partial charge is 0.132 e. The van der Waals surface area contributed by atoms with Crippen LogP contribution in [0.3, 0.4) is 0 Å². The van der Waals surface area contributed by atoms with E-state index in [0.717, 1.165) is 36.6 Å². The fourth-order valence-electron chi connectivity index (χ4n) is 4.46. The van der Waals surface area contributed by atoms with Crippen LogP contribution in [0.1, 0.15) is 24.9 Å². The molecule has 0 unspecified atom stereocenters. The Morgan fingerprint density at radius 1 is 0.906 bits per heavy atom. The summed E-state index contributed by atoms with van der Waals surface area (Å²) in [6, 6.07) is 28.3. The number of aromatic nitrogens is 2. The van der Waals surface area contributed by atoms with Gasteiger partial charge in [0.05, 0.1) is 5.69 Å². The van der Waals surface area contributed by atoms with Crippen molar-refractivity contribution < 1.29 is 0 Å². The van der Waals surface area contributed by atoms with Gasteiger partial charge >= 0.3 is 0 Å². The first kappa shape index (κ1) is 24.0. The van der Waals surface area contributed by atoms with E-state index >= 15 is 0 Å². The second kappa shape index (κ2) is 10.8. The van der Waals surface area contributed by atoms with Gasteiger partial charge in [0.15, 0.2) is 0 Å². The first-order valence-corrected chi connectivity index (χ1v) is 10.6. The summed E-state index contributed by atoms with van der Waals surface area (Å²) < 4.78 is 0. The van der Waals surface area contributed by atoms with E-state index < -0.39 is 0 Å². The summed E-state index contributed by atoms with van der Waals surface area (Å²) in [7, 11) is 0. The zero-order valence-corrected chi connectivity index (χ0v) is 19.7. The highest BCUT2D eigenvalue weighted by Gasteiger charge is 2.25. The second-order valence-corrected chi connectivity index (χ2v) is 8.02. The van der Waals surface area contributed by atoms with Gasteiger partial charge in [-0.05, 0) is 29.7 Å². The Bertz CT molecular complexity index is 1150. The predicted octanol–water partition coefficient (Wildman–Crippen LogP) is 6.07. The van der Waals surface area contributed by atoms with Crippen molar-refractivity contribution in [2.24, 2.45) is 0 Å². The highest BCUT2D eigenvalue weighted by Crippen LogP contribution is 2.27. The van der Waals surface area contributed by atoms with Crippen LogP contribution >= 0.6 is 24.8 Å². The summed E-state index contributed by atoms with van der Waals surface area (Å²) in [5.74, 6) is 1.01. The van der Waals surface area contributed by atoms with Crippen LogP contribution in [0.4, 0.5) is 5.82 Å². The van der Waals surface area contributed by atoms with Crippen LogP contribution in [0.15, 0.2) is 85.2 Å². The van der Waals surface area contributed by atoms with E-state index in [0.29, 0.717) is 12.1 Å². The van der Waals surface area contributed by atoms with Crippen molar-refractivity contribution in [2.45, 2.75) is 25.4 Å². The molecule has 6 heteroatoms. The van der Waals surface area contributed by atoms with Gasteiger partial charge in [0.25, 0.3) is 0 Å². The lowest BCUT2D eigenvalue weighted by Crippen LogP contribution is -2.34. The molecule has 0 aliphatic carbocycles. The molecule has 1 aliphatic rings.